The fraction of sp³-hybridized carbons (Fsp3) is 0.333. The molecule has 1 aromatic heterocycles. The lowest BCUT2D eigenvalue weighted by molar-refractivity contribution is -0.146. The number of benzene rings is 1. The Kier molecular flexibility index (Phi) is 6.53. The molecule has 2 N–H and O–H groups in total. The maximum absolute atomic E-state index is 12.1. The topological polar surface area (TPSA) is 112 Å². The number of aryl methyl sites for hydroxylation is 2. The summed E-state index contributed by atoms with van der Waals surface area (Å²) in [4.78, 5) is 35.8. The van der Waals surface area contributed by atoms with E-state index in [-0.39, 0.29) is 6.54 Å². The molecule has 27 heavy (non-hydrogen) atoms. The molecule has 0 aliphatic carbocycles. The molecule has 0 saturated carbocycles. The normalized spacial score (nSPS) is 10.2. The third kappa shape index (κ3) is 5.06. The van der Waals surface area contributed by atoms with Gasteiger partial charge < -0.3 is 20.1 Å². The van der Waals surface area contributed by atoms with Crippen molar-refractivity contribution in [1.82, 2.24) is 15.1 Å². The predicted molar refractivity (Wildman–Crippen MR) is 97.6 cm³/mol. The van der Waals surface area contributed by atoms with E-state index < -0.39 is 24.4 Å². The summed E-state index contributed by atoms with van der Waals surface area (Å²) in [6.45, 7) is 2.75. The van der Waals surface area contributed by atoms with E-state index in [1.165, 1.54) is 7.11 Å². The lowest BCUT2D eigenvalue weighted by Gasteiger charge is -2.09. The van der Waals surface area contributed by atoms with Crippen LogP contribution < -0.4 is 15.4 Å². The van der Waals surface area contributed by atoms with Crippen molar-refractivity contribution in [2.45, 2.75) is 13.8 Å². The number of hydrogen-bond acceptors (Lipinski definition) is 6. The van der Waals surface area contributed by atoms with Crippen molar-refractivity contribution in [3.63, 3.8) is 0 Å². The van der Waals surface area contributed by atoms with Crippen molar-refractivity contribution < 1.29 is 23.9 Å². The molecule has 0 aliphatic rings. The van der Waals surface area contributed by atoms with Crippen LogP contribution in [-0.2, 0) is 21.4 Å². The summed E-state index contributed by atoms with van der Waals surface area (Å²) in [5, 5.41) is 9.27. The minimum absolute atomic E-state index is 0.299. The van der Waals surface area contributed by atoms with Gasteiger partial charge in [-0.25, -0.2) is 0 Å². The van der Waals surface area contributed by atoms with E-state index in [0.29, 0.717) is 22.7 Å². The summed E-state index contributed by atoms with van der Waals surface area (Å²) in [6, 6.07) is 6.63. The highest BCUT2D eigenvalue weighted by Gasteiger charge is 2.16. The van der Waals surface area contributed by atoms with E-state index in [2.05, 4.69) is 15.7 Å². The maximum Gasteiger partial charge on any atom is 0.325 e. The number of methoxy groups -OCH3 is 1. The van der Waals surface area contributed by atoms with E-state index in [4.69, 9.17) is 9.47 Å². The van der Waals surface area contributed by atoms with Gasteiger partial charge in [-0.15, -0.1) is 0 Å². The largest absolute Gasteiger partial charge is 0.496 e. The minimum Gasteiger partial charge on any atom is -0.496 e. The van der Waals surface area contributed by atoms with Crippen molar-refractivity contribution in [2.75, 3.05) is 25.6 Å². The van der Waals surface area contributed by atoms with Crippen LogP contribution in [0.3, 0.4) is 0 Å². The van der Waals surface area contributed by atoms with E-state index in [9.17, 15) is 14.4 Å². The second-order valence-corrected chi connectivity index (χ2v) is 5.76. The Bertz CT molecular complexity index is 859. The number of nitrogens with one attached hydrogen (secondary N) is 2. The van der Waals surface area contributed by atoms with Gasteiger partial charge in [0.05, 0.1) is 29.7 Å². The van der Waals surface area contributed by atoms with Crippen molar-refractivity contribution in [1.29, 1.82) is 0 Å². The molecule has 0 unspecified atom stereocenters. The number of amides is 2. The molecule has 2 rings (SSSR count). The van der Waals surface area contributed by atoms with E-state index in [0.717, 1.165) is 5.69 Å². The average molecular weight is 374 g/mol. The first-order valence-corrected chi connectivity index (χ1v) is 8.20. The first kappa shape index (κ1) is 20.0. The third-order valence-corrected chi connectivity index (χ3v) is 3.88. The van der Waals surface area contributed by atoms with Gasteiger partial charge in [0.15, 0.2) is 6.61 Å². The van der Waals surface area contributed by atoms with Crippen LogP contribution in [0.15, 0.2) is 24.3 Å². The van der Waals surface area contributed by atoms with E-state index in [1.807, 2.05) is 6.92 Å². The molecule has 0 saturated heterocycles. The van der Waals surface area contributed by atoms with Crippen LogP contribution in [0.1, 0.15) is 21.7 Å². The molecule has 9 heteroatoms. The van der Waals surface area contributed by atoms with Gasteiger partial charge in [0.2, 0.25) is 0 Å². The Morgan fingerprint density at radius 1 is 1.19 bits per heavy atom. The zero-order valence-corrected chi connectivity index (χ0v) is 15.7. The number of rotatable bonds is 7. The van der Waals surface area contributed by atoms with Crippen LogP contribution >= 0.6 is 0 Å². The number of carbonyl (C=O) groups excluding carboxylic acids is 3. The van der Waals surface area contributed by atoms with Gasteiger partial charge in [-0.05, 0) is 26.0 Å². The molecule has 2 amide bonds. The fourth-order valence-corrected chi connectivity index (χ4v) is 2.41. The average Bonchev–Trinajstić information content (AvgIpc) is 2.90. The summed E-state index contributed by atoms with van der Waals surface area (Å²) in [7, 11) is 3.22. The predicted octanol–water partition coefficient (Wildman–Crippen LogP) is 0.957. The summed E-state index contributed by atoms with van der Waals surface area (Å²) in [5.74, 6) is -1.30. The smallest absolute Gasteiger partial charge is 0.325 e. The molecular formula is C18H22N4O5. The Balaban J connectivity index is 1.80. The molecular weight excluding hydrogens is 352 g/mol. The molecule has 0 radical (unpaired) electrons. The van der Waals surface area contributed by atoms with Crippen LogP contribution in [0.2, 0.25) is 0 Å². The van der Waals surface area contributed by atoms with Crippen LogP contribution in [0.4, 0.5) is 5.69 Å². The van der Waals surface area contributed by atoms with Crippen LogP contribution in [-0.4, -0.2) is 47.8 Å². The second-order valence-electron chi connectivity index (χ2n) is 5.76. The Morgan fingerprint density at radius 3 is 2.52 bits per heavy atom. The lowest BCUT2D eigenvalue weighted by Crippen LogP contribution is -2.32. The quantitative estimate of drug-likeness (QED) is 0.698. The van der Waals surface area contributed by atoms with Crippen LogP contribution in [0.25, 0.3) is 0 Å². The van der Waals surface area contributed by atoms with Gasteiger partial charge in [-0.3, -0.25) is 19.1 Å². The van der Waals surface area contributed by atoms with Crippen LogP contribution in [0, 0.1) is 13.8 Å². The first-order valence-electron chi connectivity index (χ1n) is 8.20. The van der Waals surface area contributed by atoms with Crippen LogP contribution in [0.5, 0.6) is 5.75 Å². The summed E-state index contributed by atoms with van der Waals surface area (Å²) >= 11 is 0. The molecule has 0 bridgehead atoms. The number of carbonyl (C=O) groups is 3. The second kappa shape index (κ2) is 8.84. The number of anilines is 1. The van der Waals surface area contributed by atoms with Crippen molar-refractivity contribution in [2.24, 2.45) is 7.05 Å². The number of ether oxygens (including phenoxy) is 2. The van der Waals surface area contributed by atoms with Gasteiger partial charge in [0.25, 0.3) is 11.8 Å². The number of hydrogen-bond donors (Lipinski definition) is 2. The molecule has 1 aromatic carbocycles. The highest BCUT2D eigenvalue weighted by Crippen LogP contribution is 2.18. The zero-order chi connectivity index (χ0) is 20.0. The van der Waals surface area contributed by atoms with Crippen molar-refractivity contribution in [3.05, 3.63) is 41.2 Å². The van der Waals surface area contributed by atoms with Gasteiger partial charge in [-0.1, -0.05) is 12.1 Å². The summed E-state index contributed by atoms with van der Waals surface area (Å²) < 4.78 is 11.6. The number of aromatic nitrogens is 2. The molecule has 1 heterocycles. The van der Waals surface area contributed by atoms with Gasteiger partial charge in [-0.2, -0.15) is 5.10 Å². The SMILES string of the molecule is COc1ccccc1C(=O)NCC(=O)OCC(=O)Nc1c(C)nn(C)c1C. The standard InChI is InChI=1S/C18H22N4O5/c1-11-17(12(2)22(3)21-11)20-15(23)10-27-16(24)9-19-18(25)13-7-5-6-8-14(13)26-4/h5-8H,9-10H2,1-4H3,(H,19,25)(H,20,23). The minimum atomic E-state index is -0.729. The fourth-order valence-electron chi connectivity index (χ4n) is 2.41. The molecule has 0 spiro atoms. The van der Waals surface area contributed by atoms with E-state index >= 15 is 0 Å². The molecule has 0 aliphatic heterocycles. The monoisotopic (exact) mass is 374 g/mol. The lowest BCUT2D eigenvalue weighted by atomic mass is 10.2. The van der Waals surface area contributed by atoms with Gasteiger partial charge in [0, 0.05) is 7.05 Å². The number of para-hydroxylation sites is 1. The highest BCUT2D eigenvalue weighted by atomic mass is 16.5. The maximum atomic E-state index is 12.1. The van der Waals surface area contributed by atoms with Crippen molar-refractivity contribution >= 4 is 23.5 Å². The highest BCUT2D eigenvalue weighted by molar-refractivity contribution is 5.98. The van der Waals surface area contributed by atoms with Crippen molar-refractivity contribution in [3.8, 4) is 5.75 Å². The Hall–Kier alpha value is -3.36. The molecule has 2 aromatic rings. The summed E-state index contributed by atoms with van der Waals surface area (Å²) in [5.41, 5.74) is 2.34. The number of esters is 1. The van der Waals surface area contributed by atoms with E-state index in [1.54, 1.807) is 42.9 Å². The third-order valence-electron chi connectivity index (χ3n) is 3.88. The Labute approximate surface area is 156 Å². The molecule has 0 atom stereocenters. The first-order chi connectivity index (χ1) is 12.8. The number of nitrogens with zero attached hydrogens (tertiary/aromatic N) is 2. The van der Waals surface area contributed by atoms with Gasteiger partial charge in [0.1, 0.15) is 12.3 Å². The Morgan fingerprint density at radius 2 is 1.89 bits per heavy atom. The molecule has 0 fully saturated rings. The molecule has 9 nitrogen and oxygen atoms in total. The zero-order valence-electron chi connectivity index (χ0n) is 15.7. The van der Waals surface area contributed by atoms with Gasteiger partial charge >= 0.3 is 5.97 Å². The molecule has 144 valence electrons. The summed E-state index contributed by atoms with van der Waals surface area (Å²) in [6.07, 6.45) is 0.